The van der Waals surface area contributed by atoms with Crippen LogP contribution in [0, 0.1) is 5.92 Å². The number of fused-ring (bicyclic) bond motifs is 1. The fraction of sp³-hybridized carbons (Fsp3) is 0.389. The molecule has 1 aromatic carbocycles. The molecule has 0 radical (unpaired) electrons. The zero-order chi connectivity index (χ0) is 17.1. The van der Waals surface area contributed by atoms with E-state index >= 15 is 0 Å². The summed E-state index contributed by atoms with van der Waals surface area (Å²) >= 11 is 0. The molecule has 0 unspecified atom stereocenters. The molecular weight excluding hydrogens is 316 g/mol. The molecule has 2 aromatic heterocycles. The molecule has 1 fully saturated rings. The van der Waals surface area contributed by atoms with E-state index < -0.39 is 0 Å². The highest BCUT2D eigenvalue weighted by molar-refractivity contribution is 5.90. The van der Waals surface area contributed by atoms with E-state index in [1.54, 1.807) is 10.9 Å². The van der Waals surface area contributed by atoms with E-state index in [0.29, 0.717) is 5.92 Å². The number of carbonyl (C=O) groups excluding carboxylic acids is 1. The molecular formula is C18H22N6O. The van der Waals surface area contributed by atoms with Crippen LogP contribution in [0.15, 0.2) is 42.7 Å². The molecule has 7 nitrogen and oxygen atoms in total. The molecule has 1 saturated heterocycles. The molecule has 7 heteroatoms. The van der Waals surface area contributed by atoms with Gasteiger partial charge in [0, 0.05) is 24.2 Å². The number of nitrogens with zero attached hydrogens (tertiary/aromatic N) is 4. The van der Waals surface area contributed by atoms with Crippen molar-refractivity contribution < 1.29 is 4.79 Å². The number of amides is 1. The van der Waals surface area contributed by atoms with E-state index in [0.717, 1.165) is 49.2 Å². The van der Waals surface area contributed by atoms with Crippen LogP contribution in [0.1, 0.15) is 12.8 Å². The van der Waals surface area contributed by atoms with Crippen molar-refractivity contribution in [3.05, 3.63) is 42.7 Å². The Balaban J connectivity index is 1.40. The Morgan fingerprint density at radius 2 is 2.08 bits per heavy atom. The topological polar surface area (TPSA) is 76.8 Å². The van der Waals surface area contributed by atoms with E-state index in [2.05, 4.69) is 20.8 Å². The van der Waals surface area contributed by atoms with Gasteiger partial charge in [-0.1, -0.05) is 18.2 Å². The quantitative estimate of drug-likeness (QED) is 0.745. The molecule has 25 heavy (non-hydrogen) atoms. The van der Waals surface area contributed by atoms with Crippen LogP contribution < -0.4 is 10.6 Å². The number of hydrogen-bond donors (Lipinski definition) is 2. The van der Waals surface area contributed by atoms with Crippen molar-refractivity contribution in [3.63, 3.8) is 0 Å². The maximum absolute atomic E-state index is 12.4. The monoisotopic (exact) mass is 338 g/mol. The van der Waals surface area contributed by atoms with Crippen LogP contribution in [-0.4, -0.2) is 38.6 Å². The molecule has 2 N–H and O–H groups in total. The third-order valence-electron chi connectivity index (χ3n) is 4.64. The van der Waals surface area contributed by atoms with Crippen LogP contribution >= 0.6 is 0 Å². The fourth-order valence-corrected chi connectivity index (χ4v) is 3.32. The second-order valence-corrected chi connectivity index (χ2v) is 6.53. The molecule has 4 rings (SSSR count). The molecule has 0 saturated carbocycles. The summed E-state index contributed by atoms with van der Waals surface area (Å²) in [6.07, 6.45) is 5.92. The van der Waals surface area contributed by atoms with E-state index in [4.69, 9.17) is 0 Å². The zero-order valence-corrected chi connectivity index (χ0v) is 14.1. The largest absolute Gasteiger partial charge is 0.317 e. The zero-order valence-electron chi connectivity index (χ0n) is 14.1. The fourth-order valence-electron chi connectivity index (χ4n) is 3.32. The number of benzene rings is 1. The highest BCUT2D eigenvalue weighted by Gasteiger charge is 2.16. The van der Waals surface area contributed by atoms with Crippen LogP contribution in [-0.2, 0) is 17.9 Å². The lowest BCUT2D eigenvalue weighted by Crippen LogP contribution is -2.30. The van der Waals surface area contributed by atoms with Crippen molar-refractivity contribution >= 4 is 22.6 Å². The van der Waals surface area contributed by atoms with Crippen LogP contribution in [0.5, 0.6) is 0 Å². The van der Waals surface area contributed by atoms with Crippen molar-refractivity contribution in [2.45, 2.75) is 25.9 Å². The number of anilines is 1. The van der Waals surface area contributed by atoms with Gasteiger partial charge in [0.1, 0.15) is 12.4 Å². The molecule has 3 heterocycles. The second kappa shape index (κ2) is 7.06. The van der Waals surface area contributed by atoms with Gasteiger partial charge >= 0.3 is 0 Å². The minimum atomic E-state index is -0.0973. The third kappa shape index (κ3) is 3.71. The number of nitrogens with one attached hydrogen (secondary N) is 2. The Kier molecular flexibility index (Phi) is 4.47. The van der Waals surface area contributed by atoms with Crippen molar-refractivity contribution in [2.75, 3.05) is 18.4 Å². The summed E-state index contributed by atoms with van der Waals surface area (Å²) in [7, 11) is 0. The Morgan fingerprint density at radius 3 is 2.92 bits per heavy atom. The Morgan fingerprint density at radius 1 is 1.24 bits per heavy atom. The van der Waals surface area contributed by atoms with E-state index in [1.165, 1.54) is 0 Å². The first-order valence-electron chi connectivity index (χ1n) is 8.72. The summed E-state index contributed by atoms with van der Waals surface area (Å²) in [4.78, 5) is 12.4. The Labute approximate surface area is 146 Å². The maximum atomic E-state index is 12.4. The summed E-state index contributed by atoms with van der Waals surface area (Å²) < 4.78 is 3.57. The van der Waals surface area contributed by atoms with Crippen molar-refractivity contribution in [3.8, 4) is 0 Å². The number of piperidine rings is 1. The molecule has 3 aromatic rings. The van der Waals surface area contributed by atoms with E-state index in [1.807, 2.05) is 41.2 Å². The summed E-state index contributed by atoms with van der Waals surface area (Å²) in [5.74, 6) is 1.26. The highest BCUT2D eigenvalue weighted by Crippen LogP contribution is 2.17. The Hall–Kier alpha value is -2.67. The molecule has 0 aliphatic carbocycles. The smallest absolute Gasteiger partial charge is 0.247 e. The lowest BCUT2D eigenvalue weighted by atomic mass is 9.98. The van der Waals surface area contributed by atoms with Gasteiger partial charge in [-0.15, -0.1) is 0 Å². The first-order valence-corrected chi connectivity index (χ1v) is 8.72. The number of hydrogen-bond acceptors (Lipinski definition) is 4. The summed E-state index contributed by atoms with van der Waals surface area (Å²) in [6.45, 7) is 3.14. The van der Waals surface area contributed by atoms with Crippen LogP contribution in [0.2, 0.25) is 0 Å². The van der Waals surface area contributed by atoms with Gasteiger partial charge in [-0.05, 0) is 37.9 Å². The first-order chi connectivity index (χ1) is 12.3. The molecule has 1 amide bonds. The third-order valence-corrected chi connectivity index (χ3v) is 4.64. The van der Waals surface area contributed by atoms with Gasteiger partial charge in [-0.25, -0.2) is 4.68 Å². The second-order valence-electron chi connectivity index (χ2n) is 6.53. The number of aromatic nitrogens is 4. The van der Waals surface area contributed by atoms with Crippen LogP contribution in [0.4, 0.5) is 5.82 Å². The molecule has 0 atom stereocenters. The summed E-state index contributed by atoms with van der Waals surface area (Å²) in [6, 6.07) is 9.69. The molecule has 1 aliphatic heterocycles. The van der Waals surface area contributed by atoms with Gasteiger partial charge in [-0.2, -0.15) is 10.2 Å². The first kappa shape index (κ1) is 15.8. The molecule has 130 valence electrons. The molecule has 1 aliphatic rings. The van der Waals surface area contributed by atoms with Gasteiger partial charge in [0.25, 0.3) is 0 Å². The predicted molar refractivity (Wildman–Crippen MR) is 96.2 cm³/mol. The SMILES string of the molecule is O=C(Cn1cc2ccccc2n1)Nc1ccnn1CC1CCNCC1. The van der Waals surface area contributed by atoms with Crippen LogP contribution in [0.25, 0.3) is 10.9 Å². The van der Waals surface area contributed by atoms with Gasteiger partial charge in [0.2, 0.25) is 5.91 Å². The van der Waals surface area contributed by atoms with Crippen molar-refractivity contribution in [2.24, 2.45) is 5.92 Å². The lowest BCUT2D eigenvalue weighted by Gasteiger charge is -2.23. The Bertz CT molecular complexity index is 828. The number of rotatable bonds is 5. The summed E-state index contributed by atoms with van der Waals surface area (Å²) in [5, 5.41) is 16.2. The van der Waals surface area contributed by atoms with Gasteiger partial charge < -0.3 is 10.6 Å². The standard InChI is InChI=1S/C18H22N6O/c25-18(13-23-12-15-3-1-2-4-16(15)22-23)21-17-7-10-20-24(17)11-14-5-8-19-9-6-14/h1-4,7,10,12,14,19H,5-6,8-9,11,13H2,(H,21,25). The van der Waals surface area contributed by atoms with E-state index in [9.17, 15) is 4.79 Å². The minimum Gasteiger partial charge on any atom is -0.317 e. The van der Waals surface area contributed by atoms with Gasteiger partial charge in [-0.3, -0.25) is 9.48 Å². The average molecular weight is 338 g/mol. The van der Waals surface area contributed by atoms with Crippen molar-refractivity contribution in [1.29, 1.82) is 0 Å². The maximum Gasteiger partial charge on any atom is 0.247 e. The highest BCUT2D eigenvalue weighted by atomic mass is 16.2. The van der Waals surface area contributed by atoms with E-state index in [-0.39, 0.29) is 12.5 Å². The molecule has 0 bridgehead atoms. The van der Waals surface area contributed by atoms with Gasteiger partial charge in [0.05, 0.1) is 11.7 Å². The normalized spacial score (nSPS) is 15.5. The van der Waals surface area contributed by atoms with Gasteiger partial charge in [0.15, 0.2) is 0 Å². The van der Waals surface area contributed by atoms with Crippen LogP contribution in [0.3, 0.4) is 0 Å². The predicted octanol–water partition coefficient (Wildman–Crippen LogP) is 1.87. The average Bonchev–Trinajstić information content (AvgIpc) is 3.22. The molecule has 0 spiro atoms. The van der Waals surface area contributed by atoms with Crippen molar-refractivity contribution in [1.82, 2.24) is 24.9 Å². The lowest BCUT2D eigenvalue weighted by molar-refractivity contribution is -0.116. The summed E-state index contributed by atoms with van der Waals surface area (Å²) in [5.41, 5.74) is 0.895. The minimum absolute atomic E-state index is 0.0973. The number of carbonyl (C=O) groups is 1.